The molecule has 0 rings (SSSR count). The number of allylic oxidation sites excluding steroid dienone is 12. The van der Waals surface area contributed by atoms with Gasteiger partial charge in [0, 0.05) is 0 Å². The van der Waals surface area contributed by atoms with Gasteiger partial charge in [0.2, 0.25) is 0 Å². The Morgan fingerprint density at radius 2 is 1.55 bits per heavy atom. The molecule has 0 aromatic heterocycles. The molecule has 0 saturated heterocycles. The van der Waals surface area contributed by atoms with Gasteiger partial charge in [0.25, 0.3) is 0 Å². The monoisotopic (exact) mass is 296 g/mol. The van der Waals surface area contributed by atoms with Crippen LogP contribution in [-0.4, -0.2) is 0 Å². The van der Waals surface area contributed by atoms with Crippen molar-refractivity contribution in [3.63, 3.8) is 0 Å². The van der Waals surface area contributed by atoms with E-state index < -0.39 is 0 Å². The second-order valence-corrected chi connectivity index (χ2v) is 5.86. The Bertz CT molecular complexity index is 565. The minimum absolute atomic E-state index is 0.985. The Morgan fingerprint density at radius 3 is 1.95 bits per heavy atom. The fourth-order valence-electron chi connectivity index (χ4n) is 2.14. The quantitative estimate of drug-likeness (QED) is 0.434. The molecule has 0 atom stereocenters. The van der Waals surface area contributed by atoms with Crippen molar-refractivity contribution in [3.8, 4) is 0 Å². The SMILES string of the molecule is C=CC(=C\C=C(C)C)/C(=C/C)C(/C)=C(C)\C(C)=C\C(=C)CC. The summed E-state index contributed by atoms with van der Waals surface area (Å²) in [6.07, 6.45) is 11.5. The van der Waals surface area contributed by atoms with Crippen LogP contribution in [0.1, 0.15) is 54.9 Å². The summed E-state index contributed by atoms with van der Waals surface area (Å²) >= 11 is 0. The van der Waals surface area contributed by atoms with Crippen LogP contribution in [0.5, 0.6) is 0 Å². The largest absolute Gasteiger partial charge is 0.0984 e. The molecule has 0 aromatic rings. The summed E-state index contributed by atoms with van der Waals surface area (Å²) in [5.74, 6) is 0. The predicted molar refractivity (Wildman–Crippen MR) is 103 cm³/mol. The number of hydrogen-bond acceptors (Lipinski definition) is 0. The molecule has 0 unspecified atom stereocenters. The molecule has 0 N–H and O–H groups in total. The number of rotatable bonds is 7. The van der Waals surface area contributed by atoms with E-state index in [0.29, 0.717) is 0 Å². The van der Waals surface area contributed by atoms with Crippen molar-refractivity contribution < 1.29 is 0 Å². The standard InChI is InChI=1S/C22H32/c1-10-17(6)15-18(7)19(8)20(9)22(12-3)21(11-2)14-13-16(4)5/h11-15H,2,6,10H2,1,3-5,7-9H3/b18-15+,20-19-,21-14+,22-12+. The fourth-order valence-corrected chi connectivity index (χ4v) is 2.14. The lowest BCUT2D eigenvalue weighted by molar-refractivity contribution is 1.14. The molecule has 0 aliphatic carbocycles. The van der Waals surface area contributed by atoms with Crippen LogP contribution in [-0.2, 0) is 0 Å². The highest BCUT2D eigenvalue weighted by Crippen LogP contribution is 2.27. The minimum atomic E-state index is 0.985. The van der Waals surface area contributed by atoms with Crippen LogP contribution < -0.4 is 0 Å². The van der Waals surface area contributed by atoms with E-state index in [2.05, 4.69) is 85.9 Å². The lowest BCUT2D eigenvalue weighted by atomic mass is 9.91. The van der Waals surface area contributed by atoms with E-state index in [9.17, 15) is 0 Å². The van der Waals surface area contributed by atoms with E-state index >= 15 is 0 Å². The van der Waals surface area contributed by atoms with Crippen LogP contribution in [0.2, 0.25) is 0 Å². The normalized spacial score (nSPS) is 14.4. The van der Waals surface area contributed by atoms with Gasteiger partial charge in [0.1, 0.15) is 0 Å². The second-order valence-electron chi connectivity index (χ2n) is 5.86. The summed E-state index contributed by atoms with van der Waals surface area (Å²) in [5, 5.41) is 0. The van der Waals surface area contributed by atoms with Crippen molar-refractivity contribution in [2.75, 3.05) is 0 Å². The lowest BCUT2D eigenvalue weighted by Gasteiger charge is -2.14. The van der Waals surface area contributed by atoms with E-state index in [1.54, 1.807) is 0 Å². The maximum absolute atomic E-state index is 4.07. The van der Waals surface area contributed by atoms with Gasteiger partial charge in [0.05, 0.1) is 0 Å². The first-order valence-electron chi connectivity index (χ1n) is 7.97. The molecule has 0 bridgehead atoms. The van der Waals surface area contributed by atoms with Crippen molar-refractivity contribution in [3.05, 3.63) is 82.5 Å². The molecular formula is C22H32. The van der Waals surface area contributed by atoms with Crippen LogP contribution in [0.15, 0.2) is 82.5 Å². The average Bonchev–Trinajstić information content (AvgIpc) is 2.49. The highest BCUT2D eigenvalue weighted by Gasteiger charge is 2.07. The molecule has 0 spiro atoms. The van der Waals surface area contributed by atoms with Crippen molar-refractivity contribution in [2.45, 2.75) is 54.9 Å². The molecule has 0 saturated carbocycles. The summed E-state index contributed by atoms with van der Waals surface area (Å²) in [6, 6.07) is 0. The average molecular weight is 296 g/mol. The van der Waals surface area contributed by atoms with Crippen molar-refractivity contribution in [2.24, 2.45) is 0 Å². The molecule has 0 aromatic carbocycles. The van der Waals surface area contributed by atoms with E-state index in [1.807, 2.05) is 6.08 Å². The zero-order chi connectivity index (χ0) is 17.3. The van der Waals surface area contributed by atoms with Gasteiger partial charge >= 0.3 is 0 Å². The van der Waals surface area contributed by atoms with Gasteiger partial charge in [-0.3, -0.25) is 0 Å². The molecule has 0 aliphatic heterocycles. The molecular weight excluding hydrogens is 264 g/mol. The first-order chi connectivity index (χ1) is 10.3. The molecule has 0 radical (unpaired) electrons. The second kappa shape index (κ2) is 10.00. The Balaban J connectivity index is 5.84. The Hall–Kier alpha value is -1.82. The fraction of sp³-hybridized carbons (Fsp3) is 0.364. The van der Waals surface area contributed by atoms with Crippen molar-refractivity contribution in [1.82, 2.24) is 0 Å². The highest BCUT2D eigenvalue weighted by atomic mass is 14.1. The van der Waals surface area contributed by atoms with Gasteiger partial charge < -0.3 is 0 Å². The van der Waals surface area contributed by atoms with Gasteiger partial charge in [-0.1, -0.05) is 61.6 Å². The Morgan fingerprint density at radius 1 is 0.955 bits per heavy atom. The van der Waals surface area contributed by atoms with E-state index in [1.165, 1.54) is 27.9 Å². The summed E-state index contributed by atoms with van der Waals surface area (Å²) in [4.78, 5) is 0. The summed E-state index contributed by atoms with van der Waals surface area (Å²) in [5.41, 5.74) is 8.69. The van der Waals surface area contributed by atoms with Crippen molar-refractivity contribution in [1.29, 1.82) is 0 Å². The van der Waals surface area contributed by atoms with Crippen molar-refractivity contribution >= 4 is 0 Å². The molecule has 0 fully saturated rings. The molecule has 0 nitrogen and oxygen atoms in total. The third-order valence-electron chi connectivity index (χ3n) is 3.85. The zero-order valence-corrected chi connectivity index (χ0v) is 15.5. The zero-order valence-electron chi connectivity index (χ0n) is 15.5. The van der Waals surface area contributed by atoms with Gasteiger partial charge in [-0.25, -0.2) is 0 Å². The number of hydrogen-bond donors (Lipinski definition) is 0. The molecule has 0 amide bonds. The molecule has 0 heterocycles. The van der Waals surface area contributed by atoms with Crippen LogP contribution in [0.25, 0.3) is 0 Å². The summed E-state index contributed by atoms with van der Waals surface area (Å²) in [7, 11) is 0. The lowest BCUT2D eigenvalue weighted by Crippen LogP contribution is -1.95. The van der Waals surface area contributed by atoms with Gasteiger partial charge in [-0.05, 0) is 75.8 Å². The first-order valence-corrected chi connectivity index (χ1v) is 7.97. The van der Waals surface area contributed by atoms with E-state index in [-0.39, 0.29) is 0 Å². The molecule has 0 heteroatoms. The Labute approximate surface area is 138 Å². The first kappa shape index (κ1) is 20.2. The highest BCUT2D eigenvalue weighted by molar-refractivity contribution is 5.55. The van der Waals surface area contributed by atoms with Gasteiger partial charge in [-0.15, -0.1) is 0 Å². The minimum Gasteiger partial charge on any atom is -0.0984 e. The predicted octanol–water partition coefficient (Wildman–Crippen LogP) is 7.26. The van der Waals surface area contributed by atoms with E-state index in [4.69, 9.17) is 0 Å². The molecule has 22 heavy (non-hydrogen) atoms. The maximum Gasteiger partial charge on any atom is -0.0190 e. The molecule has 120 valence electrons. The third-order valence-corrected chi connectivity index (χ3v) is 3.85. The summed E-state index contributed by atoms with van der Waals surface area (Å²) < 4.78 is 0. The topological polar surface area (TPSA) is 0 Å². The van der Waals surface area contributed by atoms with Crippen LogP contribution in [0.3, 0.4) is 0 Å². The van der Waals surface area contributed by atoms with Gasteiger partial charge in [-0.2, -0.15) is 0 Å². The Kier molecular flexibility index (Phi) is 9.17. The third kappa shape index (κ3) is 6.30. The van der Waals surface area contributed by atoms with Crippen LogP contribution in [0.4, 0.5) is 0 Å². The molecule has 0 aliphatic rings. The van der Waals surface area contributed by atoms with Crippen LogP contribution in [0, 0.1) is 0 Å². The smallest absolute Gasteiger partial charge is 0.0190 e. The maximum atomic E-state index is 4.07. The van der Waals surface area contributed by atoms with Gasteiger partial charge in [0.15, 0.2) is 0 Å². The van der Waals surface area contributed by atoms with E-state index in [0.717, 1.165) is 17.6 Å². The van der Waals surface area contributed by atoms with Crippen LogP contribution >= 0.6 is 0 Å². The summed E-state index contributed by atoms with van der Waals surface area (Å²) in [6.45, 7) is 23.0.